The van der Waals surface area contributed by atoms with Gasteiger partial charge in [0.15, 0.2) is 0 Å². The summed E-state index contributed by atoms with van der Waals surface area (Å²) >= 11 is 0. The van der Waals surface area contributed by atoms with Crippen LogP contribution >= 0.6 is 0 Å². The highest BCUT2D eigenvalue weighted by Crippen LogP contribution is 2.37. The van der Waals surface area contributed by atoms with Crippen molar-refractivity contribution in [2.45, 2.75) is 12.8 Å². The molecule has 0 radical (unpaired) electrons. The van der Waals surface area contributed by atoms with E-state index in [9.17, 15) is 0 Å². The Morgan fingerprint density at radius 1 is 0.350 bits per heavy atom. The van der Waals surface area contributed by atoms with Crippen molar-refractivity contribution in [2.24, 2.45) is 0 Å². The minimum Gasteiger partial charge on any atom is -0.0757 e. The molecule has 0 N–H and O–H groups in total. The molecule has 0 unspecified atom stereocenters. The van der Waals surface area contributed by atoms with E-state index >= 15 is 0 Å². The number of hydrogen-bond acceptors (Lipinski definition) is 0. The maximum Gasteiger partial charge on any atom is -0.00295 e. The second-order valence-electron chi connectivity index (χ2n) is 10.7. The van der Waals surface area contributed by atoms with Crippen molar-refractivity contribution < 1.29 is 0 Å². The average molecular weight is 509 g/mol. The average Bonchev–Trinajstić information content (AvgIpc) is 3.03. The maximum absolute atomic E-state index is 2.46. The van der Waals surface area contributed by atoms with Crippen LogP contribution in [0.5, 0.6) is 0 Å². The summed E-state index contributed by atoms with van der Waals surface area (Å²) in [5.41, 5.74) is 7.78. The van der Waals surface area contributed by atoms with Gasteiger partial charge in [-0.15, -0.1) is 0 Å². The third-order valence-electron chi connectivity index (χ3n) is 8.45. The molecule has 0 heteroatoms. The van der Waals surface area contributed by atoms with Crippen LogP contribution in [0.3, 0.4) is 0 Å². The lowest BCUT2D eigenvalue weighted by atomic mass is 9.85. The van der Waals surface area contributed by atoms with Crippen LogP contribution in [0.25, 0.3) is 77.9 Å². The van der Waals surface area contributed by atoms with Gasteiger partial charge in [-0.2, -0.15) is 0 Å². The zero-order valence-corrected chi connectivity index (χ0v) is 22.3. The number of benzene rings is 7. The van der Waals surface area contributed by atoms with E-state index in [1.165, 1.54) is 76.1 Å². The van der Waals surface area contributed by atoms with Crippen molar-refractivity contribution in [3.8, 4) is 33.4 Å². The fourth-order valence-electron chi connectivity index (χ4n) is 6.72. The number of fused-ring (bicyclic) bond motifs is 5. The van der Waals surface area contributed by atoms with Gasteiger partial charge in [-0.1, -0.05) is 133 Å². The lowest BCUT2D eigenvalue weighted by molar-refractivity contribution is 1.12. The molecule has 0 saturated heterocycles. The molecule has 7 aromatic carbocycles. The van der Waals surface area contributed by atoms with Crippen LogP contribution in [0.1, 0.15) is 12.8 Å². The third-order valence-corrected chi connectivity index (χ3v) is 8.45. The smallest absolute Gasteiger partial charge is 0.00295 e. The van der Waals surface area contributed by atoms with Crippen LogP contribution in [0.15, 0.2) is 133 Å². The van der Waals surface area contributed by atoms with Crippen molar-refractivity contribution in [3.05, 3.63) is 144 Å². The Hall–Kier alpha value is -4.94. The predicted octanol–water partition coefficient (Wildman–Crippen LogP) is 9.50. The molecule has 1 aliphatic rings. The second-order valence-corrected chi connectivity index (χ2v) is 10.7. The Balaban J connectivity index is 1.43. The fraction of sp³-hybridized carbons (Fsp3) is 0.0500. The van der Waals surface area contributed by atoms with Gasteiger partial charge in [0.25, 0.3) is 0 Å². The van der Waals surface area contributed by atoms with Crippen LogP contribution in [-0.4, -0.2) is 0 Å². The molecule has 7 aromatic rings. The molecule has 0 aromatic heterocycles. The standard InChI is InChI=1S/C40H28/c1-2-13-27(14-3-1)39-34-21-8-10-23-36(34)40(37-24-11-9-22-35(37)39)30-17-12-16-28(25-30)38-26-29-15-4-5-18-31(29)32-19-6-7-20-33(32)38/h1-8,10,12-26H,9,11H2. The van der Waals surface area contributed by atoms with E-state index in [-0.39, 0.29) is 0 Å². The molecule has 0 aliphatic heterocycles. The van der Waals surface area contributed by atoms with Gasteiger partial charge < -0.3 is 0 Å². The third kappa shape index (κ3) is 3.61. The Labute approximate surface area is 234 Å². The van der Waals surface area contributed by atoms with Crippen molar-refractivity contribution in [3.63, 3.8) is 0 Å². The van der Waals surface area contributed by atoms with Gasteiger partial charge in [-0.05, 0) is 101 Å². The van der Waals surface area contributed by atoms with E-state index in [1.54, 1.807) is 0 Å². The first-order chi connectivity index (χ1) is 19.9. The predicted molar refractivity (Wildman–Crippen MR) is 173 cm³/mol. The largest absolute Gasteiger partial charge is 0.0757 e. The van der Waals surface area contributed by atoms with Crippen molar-refractivity contribution in [1.82, 2.24) is 0 Å². The van der Waals surface area contributed by atoms with E-state index in [0.717, 1.165) is 12.8 Å². The van der Waals surface area contributed by atoms with E-state index in [4.69, 9.17) is 0 Å². The van der Waals surface area contributed by atoms with Crippen LogP contribution in [0.4, 0.5) is 0 Å². The zero-order valence-electron chi connectivity index (χ0n) is 22.3. The van der Waals surface area contributed by atoms with Gasteiger partial charge in [0, 0.05) is 0 Å². The molecule has 1 aliphatic carbocycles. The topological polar surface area (TPSA) is 0 Å². The highest BCUT2D eigenvalue weighted by molar-refractivity contribution is 6.14. The lowest BCUT2D eigenvalue weighted by Crippen LogP contribution is -2.31. The summed E-state index contributed by atoms with van der Waals surface area (Å²) in [5.74, 6) is 0. The molecular formula is C40H28. The fourth-order valence-corrected chi connectivity index (χ4v) is 6.72. The molecule has 0 bridgehead atoms. The summed E-state index contributed by atoms with van der Waals surface area (Å²) in [7, 11) is 0. The summed E-state index contributed by atoms with van der Waals surface area (Å²) in [4.78, 5) is 0. The molecule has 0 atom stereocenters. The van der Waals surface area contributed by atoms with Gasteiger partial charge in [0.1, 0.15) is 0 Å². The number of rotatable bonds is 3. The van der Waals surface area contributed by atoms with Crippen LogP contribution in [0, 0.1) is 0 Å². The minimum atomic E-state index is 1.07. The van der Waals surface area contributed by atoms with Gasteiger partial charge in [-0.25, -0.2) is 0 Å². The first-order valence-electron chi connectivity index (χ1n) is 14.2. The minimum absolute atomic E-state index is 1.07. The van der Waals surface area contributed by atoms with Crippen molar-refractivity contribution in [1.29, 1.82) is 0 Å². The first kappa shape index (κ1) is 23.0. The second kappa shape index (κ2) is 9.36. The molecule has 8 rings (SSSR count). The van der Waals surface area contributed by atoms with Gasteiger partial charge in [0.2, 0.25) is 0 Å². The molecule has 0 amide bonds. The number of hydrogen-bond donors (Lipinski definition) is 0. The highest BCUT2D eigenvalue weighted by Gasteiger charge is 2.16. The molecule has 0 heterocycles. The van der Waals surface area contributed by atoms with E-state index in [0.29, 0.717) is 0 Å². The SMILES string of the molecule is C1=c2c(-c3ccccc3)c3ccccc3c(-c3cccc(-c4cc5ccccc5c5ccccc45)c3)c2=CCC1. The Morgan fingerprint density at radius 2 is 0.875 bits per heavy atom. The van der Waals surface area contributed by atoms with Gasteiger partial charge >= 0.3 is 0 Å². The first-order valence-corrected chi connectivity index (χ1v) is 14.2. The molecule has 0 spiro atoms. The lowest BCUT2D eigenvalue weighted by Gasteiger charge is -2.18. The monoisotopic (exact) mass is 508 g/mol. The van der Waals surface area contributed by atoms with Gasteiger partial charge in [0.05, 0.1) is 0 Å². The molecular weight excluding hydrogens is 480 g/mol. The zero-order chi connectivity index (χ0) is 26.5. The van der Waals surface area contributed by atoms with E-state index in [2.05, 4.69) is 146 Å². The Morgan fingerprint density at radius 3 is 1.60 bits per heavy atom. The molecule has 0 nitrogen and oxygen atoms in total. The maximum atomic E-state index is 2.46. The highest BCUT2D eigenvalue weighted by atomic mass is 14.2. The quantitative estimate of drug-likeness (QED) is 0.209. The van der Waals surface area contributed by atoms with Crippen molar-refractivity contribution >= 4 is 44.5 Å². The van der Waals surface area contributed by atoms with Gasteiger partial charge in [-0.3, -0.25) is 0 Å². The van der Waals surface area contributed by atoms with Crippen LogP contribution < -0.4 is 10.4 Å². The summed E-state index contributed by atoms with van der Waals surface area (Å²) < 4.78 is 0. The van der Waals surface area contributed by atoms with Crippen molar-refractivity contribution in [2.75, 3.05) is 0 Å². The molecule has 188 valence electrons. The summed E-state index contributed by atoms with van der Waals surface area (Å²) in [6.07, 6.45) is 7.06. The normalized spacial score (nSPS) is 12.7. The molecule has 0 fully saturated rings. The van der Waals surface area contributed by atoms with E-state index in [1.807, 2.05) is 0 Å². The Bertz CT molecular complexity index is 2200. The molecule has 0 saturated carbocycles. The van der Waals surface area contributed by atoms with E-state index < -0.39 is 0 Å². The molecule has 40 heavy (non-hydrogen) atoms. The summed E-state index contributed by atoms with van der Waals surface area (Å²) in [6.45, 7) is 0. The summed E-state index contributed by atoms with van der Waals surface area (Å²) in [6, 6.07) is 48.9. The Kier molecular flexibility index (Phi) is 5.38. The van der Waals surface area contributed by atoms with Crippen LogP contribution in [-0.2, 0) is 0 Å². The van der Waals surface area contributed by atoms with Crippen LogP contribution in [0.2, 0.25) is 0 Å². The summed E-state index contributed by atoms with van der Waals surface area (Å²) in [5, 5.41) is 10.5.